The first-order chi connectivity index (χ1) is 7.75. The van der Waals surface area contributed by atoms with Crippen LogP contribution in [0.25, 0.3) is 0 Å². The molecule has 0 aliphatic rings. The lowest BCUT2D eigenvalue weighted by Gasteiger charge is -2.05. The van der Waals surface area contributed by atoms with E-state index in [1.807, 2.05) is 30.0 Å². The molecule has 0 nitrogen and oxygen atoms in total. The van der Waals surface area contributed by atoms with Crippen molar-refractivity contribution in [2.24, 2.45) is 0 Å². The molecule has 2 aromatic rings. The number of thioether (sulfide) groups is 1. The minimum atomic E-state index is 0.808. The number of benzene rings is 2. The first-order valence-electron chi connectivity index (χ1n) is 5.18. The van der Waals surface area contributed by atoms with Gasteiger partial charge in [0.1, 0.15) is 0 Å². The number of aryl methyl sites for hydroxylation is 1. The van der Waals surface area contributed by atoms with Crippen LogP contribution in [-0.2, 0) is 5.75 Å². The third-order valence-electron chi connectivity index (χ3n) is 2.38. The van der Waals surface area contributed by atoms with Crippen molar-refractivity contribution in [3.05, 3.63) is 64.7 Å². The summed E-state index contributed by atoms with van der Waals surface area (Å²) in [6.45, 7) is 2.14. The Kier molecular flexibility index (Phi) is 3.92. The summed E-state index contributed by atoms with van der Waals surface area (Å²) in [6, 6.07) is 16.5. The van der Waals surface area contributed by atoms with Gasteiger partial charge in [-0.15, -0.1) is 11.8 Å². The zero-order chi connectivity index (χ0) is 11.4. The van der Waals surface area contributed by atoms with Gasteiger partial charge in [-0.05, 0) is 36.2 Å². The van der Waals surface area contributed by atoms with Crippen LogP contribution in [0.15, 0.2) is 53.4 Å². The quantitative estimate of drug-likeness (QED) is 0.694. The predicted octanol–water partition coefficient (Wildman–Crippen LogP) is 4.94. The maximum atomic E-state index is 5.95. The van der Waals surface area contributed by atoms with E-state index in [1.54, 1.807) is 0 Å². The maximum Gasteiger partial charge on any atom is 0.0409 e. The second kappa shape index (κ2) is 5.42. The summed E-state index contributed by atoms with van der Waals surface area (Å²) < 4.78 is 0. The standard InChI is InChI=1S/C14H13ClS/c1-11-5-2-3-8-14(11)16-10-12-6-4-7-13(15)9-12/h2-9H,10H2,1H3. The smallest absolute Gasteiger partial charge is 0.0409 e. The Hall–Kier alpha value is -0.920. The number of rotatable bonds is 3. The maximum absolute atomic E-state index is 5.95. The van der Waals surface area contributed by atoms with Crippen molar-refractivity contribution in [2.75, 3.05) is 0 Å². The van der Waals surface area contributed by atoms with Gasteiger partial charge >= 0.3 is 0 Å². The molecule has 0 amide bonds. The molecule has 2 heteroatoms. The van der Waals surface area contributed by atoms with Gasteiger partial charge < -0.3 is 0 Å². The molecule has 0 radical (unpaired) electrons. The third-order valence-corrected chi connectivity index (χ3v) is 3.86. The highest BCUT2D eigenvalue weighted by Crippen LogP contribution is 2.26. The van der Waals surface area contributed by atoms with Crippen LogP contribution < -0.4 is 0 Å². The molecule has 0 N–H and O–H groups in total. The van der Waals surface area contributed by atoms with Gasteiger partial charge in [-0.1, -0.05) is 41.9 Å². The van der Waals surface area contributed by atoms with Crippen LogP contribution in [0.1, 0.15) is 11.1 Å². The molecule has 0 saturated carbocycles. The Balaban J connectivity index is 2.05. The molecule has 0 aliphatic carbocycles. The summed E-state index contributed by atoms with van der Waals surface area (Å²) in [4.78, 5) is 1.34. The summed E-state index contributed by atoms with van der Waals surface area (Å²) >= 11 is 7.80. The lowest BCUT2D eigenvalue weighted by Crippen LogP contribution is -1.82. The van der Waals surface area contributed by atoms with E-state index in [4.69, 9.17) is 11.6 Å². The Morgan fingerprint density at radius 1 is 1.06 bits per heavy atom. The molecule has 2 aromatic carbocycles. The van der Waals surface area contributed by atoms with Gasteiger partial charge in [0.15, 0.2) is 0 Å². The van der Waals surface area contributed by atoms with Gasteiger partial charge in [0, 0.05) is 15.7 Å². The van der Waals surface area contributed by atoms with Crippen molar-refractivity contribution in [1.82, 2.24) is 0 Å². The van der Waals surface area contributed by atoms with Crippen LogP contribution in [0.3, 0.4) is 0 Å². The van der Waals surface area contributed by atoms with Crippen molar-refractivity contribution in [3.8, 4) is 0 Å². The first-order valence-corrected chi connectivity index (χ1v) is 6.55. The van der Waals surface area contributed by atoms with Crippen molar-refractivity contribution < 1.29 is 0 Å². The second-order valence-electron chi connectivity index (χ2n) is 3.68. The monoisotopic (exact) mass is 248 g/mol. The molecule has 0 spiro atoms. The molecule has 0 heterocycles. The topological polar surface area (TPSA) is 0 Å². The normalized spacial score (nSPS) is 10.4. The third kappa shape index (κ3) is 3.03. The molecule has 0 aromatic heterocycles. The second-order valence-corrected chi connectivity index (χ2v) is 5.14. The summed E-state index contributed by atoms with van der Waals surface area (Å²) in [5, 5.41) is 0.808. The molecule has 2 rings (SSSR count). The average molecular weight is 249 g/mol. The molecule has 16 heavy (non-hydrogen) atoms. The predicted molar refractivity (Wildman–Crippen MR) is 72.2 cm³/mol. The first kappa shape index (κ1) is 11.6. The van der Waals surface area contributed by atoms with Crippen molar-refractivity contribution in [3.63, 3.8) is 0 Å². The van der Waals surface area contributed by atoms with Crippen molar-refractivity contribution >= 4 is 23.4 Å². The van der Waals surface area contributed by atoms with E-state index in [9.17, 15) is 0 Å². The van der Waals surface area contributed by atoms with Gasteiger partial charge in [0.2, 0.25) is 0 Å². The zero-order valence-electron chi connectivity index (χ0n) is 9.11. The van der Waals surface area contributed by atoms with Crippen LogP contribution in [0.5, 0.6) is 0 Å². The Labute approximate surface area is 106 Å². The highest BCUT2D eigenvalue weighted by molar-refractivity contribution is 7.98. The van der Waals surface area contributed by atoms with Crippen molar-refractivity contribution in [1.29, 1.82) is 0 Å². The van der Waals surface area contributed by atoms with Crippen LogP contribution in [0, 0.1) is 6.92 Å². The van der Waals surface area contributed by atoms with E-state index >= 15 is 0 Å². The summed E-state index contributed by atoms with van der Waals surface area (Å²) in [7, 11) is 0. The fourth-order valence-electron chi connectivity index (χ4n) is 1.51. The van der Waals surface area contributed by atoms with Gasteiger partial charge in [0.25, 0.3) is 0 Å². The Morgan fingerprint density at radius 2 is 1.88 bits per heavy atom. The van der Waals surface area contributed by atoms with Crippen molar-refractivity contribution in [2.45, 2.75) is 17.6 Å². The Bertz CT molecular complexity index is 480. The van der Waals surface area contributed by atoms with Crippen LogP contribution >= 0.6 is 23.4 Å². The highest BCUT2D eigenvalue weighted by atomic mass is 35.5. The molecule has 0 aliphatic heterocycles. The molecule has 0 atom stereocenters. The SMILES string of the molecule is Cc1ccccc1SCc1cccc(Cl)c1. The van der Waals surface area contributed by atoms with Gasteiger partial charge in [0.05, 0.1) is 0 Å². The van der Waals surface area contributed by atoms with E-state index in [0.29, 0.717) is 0 Å². The van der Waals surface area contributed by atoms with Gasteiger partial charge in [-0.2, -0.15) is 0 Å². The molecular weight excluding hydrogens is 236 g/mol. The van der Waals surface area contributed by atoms with E-state index in [2.05, 4.69) is 37.3 Å². The van der Waals surface area contributed by atoms with Crippen LogP contribution in [-0.4, -0.2) is 0 Å². The minimum Gasteiger partial charge on any atom is -0.121 e. The summed E-state index contributed by atoms with van der Waals surface area (Å²) in [6.07, 6.45) is 0. The summed E-state index contributed by atoms with van der Waals surface area (Å²) in [5.74, 6) is 0.964. The van der Waals surface area contributed by atoms with E-state index in [1.165, 1.54) is 16.0 Å². The van der Waals surface area contributed by atoms with Gasteiger partial charge in [-0.25, -0.2) is 0 Å². The highest BCUT2D eigenvalue weighted by Gasteiger charge is 1.99. The van der Waals surface area contributed by atoms with E-state index in [0.717, 1.165) is 10.8 Å². The zero-order valence-corrected chi connectivity index (χ0v) is 10.7. The lowest BCUT2D eigenvalue weighted by atomic mass is 10.2. The average Bonchev–Trinajstić information content (AvgIpc) is 2.28. The molecule has 82 valence electrons. The number of hydrogen-bond donors (Lipinski definition) is 0. The fourth-order valence-corrected chi connectivity index (χ4v) is 2.69. The van der Waals surface area contributed by atoms with Gasteiger partial charge in [-0.3, -0.25) is 0 Å². The Morgan fingerprint density at radius 3 is 2.62 bits per heavy atom. The van der Waals surface area contributed by atoms with Crippen LogP contribution in [0.2, 0.25) is 5.02 Å². The number of hydrogen-bond acceptors (Lipinski definition) is 1. The molecule has 0 saturated heterocycles. The van der Waals surface area contributed by atoms with E-state index < -0.39 is 0 Å². The largest absolute Gasteiger partial charge is 0.121 e. The number of halogens is 1. The minimum absolute atomic E-state index is 0.808. The van der Waals surface area contributed by atoms with E-state index in [-0.39, 0.29) is 0 Å². The van der Waals surface area contributed by atoms with Crippen LogP contribution in [0.4, 0.5) is 0 Å². The molecular formula is C14H13ClS. The summed E-state index contributed by atoms with van der Waals surface area (Å²) in [5.41, 5.74) is 2.59. The molecule has 0 bridgehead atoms. The lowest BCUT2D eigenvalue weighted by molar-refractivity contribution is 1.29. The molecule has 0 unspecified atom stereocenters. The fraction of sp³-hybridized carbons (Fsp3) is 0.143. The molecule has 0 fully saturated rings.